The number of nitrogens with one attached hydrogen (secondary N) is 1. The molecule has 0 saturated carbocycles. The smallest absolute Gasteiger partial charge is 0.267 e. The Balaban J connectivity index is 2.26. The average Bonchev–Trinajstić information content (AvgIpc) is 2.39. The SMILES string of the molecule is NC(=O)c1cccc(Nc2cccc(C(N)=O)n2)n1. The maximum Gasteiger partial charge on any atom is 0.267 e. The van der Waals surface area contributed by atoms with Crippen LogP contribution < -0.4 is 16.8 Å². The van der Waals surface area contributed by atoms with Gasteiger partial charge in [-0.25, -0.2) is 9.97 Å². The first-order valence-electron chi connectivity index (χ1n) is 5.37. The molecule has 0 aromatic carbocycles. The molecule has 0 atom stereocenters. The van der Waals surface area contributed by atoms with E-state index in [-0.39, 0.29) is 11.4 Å². The largest absolute Gasteiger partial charge is 0.364 e. The fourth-order valence-corrected chi connectivity index (χ4v) is 1.41. The second-order valence-electron chi connectivity index (χ2n) is 3.67. The Morgan fingerprint density at radius 1 is 0.842 bits per heavy atom. The molecule has 0 aliphatic carbocycles. The molecule has 2 aromatic heterocycles. The van der Waals surface area contributed by atoms with Gasteiger partial charge in [0.2, 0.25) is 0 Å². The molecule has 96 valence electrons. The van der Waals surface area contributed by atoms with E-state index in [4.69, 9.17) is 11.5 Å². The van der Waals surface area contributed by atoms with Gasteiger partial charge in [-0.05, 0) is 24.3 Å². The Kier molecular flexibility index (Phi) is 3.37. The standard InChI is InChI=1S/C12H11N5O2/c13-11(18)7-3-1-5-9(15-7)17-10-6-2-4-8(16-10)12(14)19/h1-6H,(H2,13,18)(H2,14,19)(H,15,16,17). The number of nitrogens with two attached hydrogens (primary N) is 2. The second-order valence-corrected chi connectivity index (χ2v) is 3.67. The summed E-state index contributed by atoms with van der Waals surface area (Å²) in [5.41, 5.74) is 10.5. The van der Waals surface area contributed by atoms with Crippen LogP contribution in [-0.2, 0) is 0 Å². The predicted octanol–water partition coefficient (Wildman–Crippen LogP) is 0.418. The molecule has 0 saturated heterocycles. The molecule has 0 aliphatic rings. The van der Waals surface area contributed by atoms with Crippen molar-refractivity contribution in [2.24, 2.45) is 11.5 Å². The van der Waals surface area contributed by atoms with Crippen LogP contribution in [0.2, 0.25) is 0 Å². The minimum absolute atomic E-state index is 0.135. The van der Waals surface area contributed by atoms with Crippen molar-refractivity contribution in [2.45, 2.75) is 0 Å². The van der Waals surface area contributed by atoms with Gasteiger partial charge in [0, 0.05) is 0 Å². The van der Waals surface area contributed by atoms with Crippen LogP contribution in [0.1, 0.15) is 21.0 Å². The van der Waals surface area contributed by atoms with Crippen molar-refractivity contribution < 1.29 is 9.59 Å². The maximum absolute atomic E-state index is 11.0. The van der Waals surface area contributed by atoms with Crippen LogP contribution in [0, 0.1) is 0 Å². The summed E-state index contributed by atoms with van der Waals surface area (Å²) in [7, 11) is 0. The van der Waals surface area contributed by atoms with E-state index in [1.54, 1.807) is 24.3 Å². The van der Waals surface area contributed by atoms with E-state index < -0.39 is 11.8 Å². The Morgan fingerprint density at radius 2 is 1.26 bits per heavy atom. The highest BCUT2D eigenvalue weighted by Gasteiger charge is 2.06. The molecule has 0 fully saturated rings. The number of carbonyl (C=O) groups excluding carboxylic acids is 2. The number of amides is 2. The number of hydrogen-bond donors (Lipinski definition) is 3. The third kappa shape index (κ3) is 3.03. The molecule has 2 rings (SSSR count). The summed E-state index contributed by atoms with van der Waals surface area (Å²) in [4.78, 5) is 30.0. The highest BCUT2D eigenvalue weighted by Crippen LogP contribution is 2.12. The van der Waals surface area contributed by atoms with Gasteiger partial charge in [0.15, 0.2) is 0 Å². The van der Waals surface area contributed by atoms with Gasteiger partial charge in [0.1, 0.15) is 23.0 Å². The number of anilines is 2. The van der Waals surface area contributed by atoms with Crippen LogP contribution in [0.25, 0.3) is 0 Å². The van der Waals surface area contributed by atoms with Crippen molar-refractivity contribution in [3.63, 3.8) is 0 Å². The van der Waals surface area contributed by atoms with Gasteiger partial charge in [-0.2, -0.15) is 0 Å². The molecule has 0 unspecified atom stereocenters. The lowest BCUT2D eigenvalue weighted by Crippen LogP contribution is -2.14. The lowest BCUT2D eigenvalue weighted by atomic mass is 10.3. The van der Waals surface area contributed by atoms with Gasteiger partial charge in [-0.1, -0.05) is 12.1 Å². The molecule has 2 aromatic rings. The highest BCUT2D eigenvalue weighted by atomic mass is 16.1. The van der Waals surface area contributed by atoms with E-state index >= 15 is 0 Å². The van der Waals surface area contributed by atoms with Crippen molar-refractivity contribution in [1.82, 2.24) is 9.97 Å². The summed E-state index contributed by atoms with van der Waals surface area (Å²) < 4.78 is 0. The van der Waals surface area contributed by atoms with E-state index in [1.807, 2.05) is 0 Å². The summed E-state index contributed by atoms with van der Waals surface area (Å²) in [6, 6.07) is 9.55. The minimum Gasteiger partial charge on any atom is -0.364 e. The summed E-state index contributed by atoms with van der Waals surface area (Å²) in [5, 5.41) is 2.86. The first kappa shape index (κ1) is 12.5. The molecule has 7 heteroatoms. The summed E-state index contributed by atoms with van der Waals surface area (Å²) in [6.45, 7) is 0. The third-order valence-electron chi connectivity index (χ3n) is 2.26. The Bertz CT molecular complexity index is 586. The lowest BCUT2D eigenvalue weighted by molar-refractivity contribution is 0.0987. The molecular formula is C12H11N5O2. The molecule has 7 nitrogen and oxygen atoms in total. The summed E-state index contributed by atoms with van der Waals surface area (Å²) >= 11 is 0. The van der Waals surface area contributed by atoms with Crippen LogP contribution in [0.4, 0.5) is 11.6 Å². The normalized spacial score (nSPS) is 9.89. The van der Waals surface area contributed by atoms with Gasteiger partial charge >= 0.3 is 0 Å². The highest BCUT2D eigenvalue weighted by molar-refractivity contribution is 5.91. The number of rotatable bonds is 4. The summed E-state index contributed by atoms with van der Waals surface area (Å²) in [6.07, 6.45) is 0. The first-order valence-corrected chi connectivity index (χ1v) is 5.37. The Hall–Kier alpha value is -2.96. The van der Waals surface area contributed by atoms with Crippen molar-refractivity contribution in [1.29, 1.82) is 0 Å². The second kappa shape index (κ2) is 5.13. The number of pyridine rings is 2. The number of aromatic nitrogens is 2. The van der Waals surface area contributed by atoms with Crippen LogP contribution in [0.3, 0.4) is 0 Å². The van der Waals surface area contributed by atoms with Gasteiger partial charge in [0.05, 0.1) is 0 Å². The fraction of sp³-hybridized carbons (Fsp3) is 0. The monoisotopic (exact) mass is 257 g/mol. The van der Waals surface area contributed by atoms with Crippen molar-refractivity contribution in [2.75, 3.05) is 5.32 Å². The van der Waals surface area contributed by atoms with E-state index in [2.05, 4.69) is 15.3 Å². The van der Waals surface area contributed by atoms with Crippen LogP contribution in [0.5, 0.6) is 0 Å². The van der Waals surface area contributed by atoms with E-state index in [0.29, 0.717) is 11.6 Å². The van der Waals surface area contributed by atoms with E-state index in [1.165, 1.54) is 12.1 Å². The number of primary amides is 2. The molecular weight excluding hydrogens is 246 g/mol. The zero-order valence-electron chi connectivity index (χ0n) is 9.83. The van der Waals surface area contributed by atoms with Crippen LogP contribution in [0.15, 0.2) is 36.4 Å². The lowest BCUT2D eigenvalue weighted by Gasteiger charge is -2.06. The minimum atomic E-state index is -0.623. The topological polar surface area (TPSA) is 124 Å². The number of carbonyl (C=O) groups is 2. The predicted molar refractivity (Wildman–Crippen MR) is 68.8 cm³/mol. The third-order valence-corrected chi connectivity index (χ3v) is 2.26. The number of nitrogens with zero attached hydrogens (tertiary/aromatic N) is 2. The molecule has 0 radical (unpaired) electrons. The zero-order chi connectivity index (χ0) is 13.8. The van der Waals surface area contributed by atoms with Gasteiger partial charge in [0.25, 0.3) is 11.8 Å². The van der Waals surface area contributed by atoms with Gasteiger partial charge in [-0.15, -0.1) is 0 Å². The van der Waals surface area contributed by atoms with Gasteiger partial charge < -0.3 is 16.8 Å². The van der Waals surface area contributed by atoms with E-state index in [9.17, 15) is 9.59 Å². The van der Waals surface area contributed by atoms with Crippen molar-refractivity contribution in [3.8, 4) is 0 Å². The van der Waals surface area contributed by atoms with E-state index in [0.717, 1.165) is 0 Å². The molecule has 0 aliphatic heterocycles. The molecule has 5 N–H and O–H groups in total. The van der Waals surface area contributed by atoms with Crippen LogP contribution >= 0.6 is 0 Å². The fourth-order valence-electron chi connectivity index (χ4n) is 1.41. The van der Waals surface area contributed by atoms with Crippen molar-refractivity contribution in [3.05, 3.63) is 47.8 Å². The Morgan fingerprint density at radius 3 is 1.63 bits per heavy atom. The number of hydrogen-bond acceptors (Lipinski definition) is 5. The van der Waals surface area contributed by atoms with Crippen molar-refractivity contribution >= 4 is 23.5 Å². The quantitative estimate of drug-likeness (QED) is 0.732. The Labute approximate surface area is 108 Å². The molecule has 2 amide bonds. The zero-order valence-corrected chi connectivity index (χ0v) is 9.83. The summed E-state index contributed by atoms with van der Waals surface area (Å²) in [5.74, 6) is -0.458. The van der Waals surface area contributed by atoms with Gasteiger partial charge in [-0.3, -0.25) is 9.59 Å². The maximum atomic E-state index is 11.0. The molecule has 0 bridgehead atoms. The first-order chi connectivity index (χ1) is 9.06. The average molecular weight is 257 g/mol. The molecule has 0 spiro atoms. The van der Waals surface area contributed by atoms with Crippen LogP contribution in [-0.4, -0.2) is 21.8 Å². The molecule has 2 heterocycles. The molecule has 19 heavy (non-hydrogen) atoms.